The molecule has 1 nitrogen and oxygen atoms in total. The van der Waals surface area contributed by atoms with Crippen molar-refractivity contribution in [2.75, 3.05) is 0 Å². The number of allylic oxidation sites excluding steroid dienone is 2. The zero-order valence-corrected chi connectivity index (χ0v) is 11.2. The van der Waals surface area contributed by atoms with Crippen LogP contribution in [0.2, 0.25) is 0 Å². The third-order valence-electron chi connectivity index (χ3n) is 2.76. The van der Waals surface area contributed by atoms with Gasteiger partial charge in [0.15, 0.2) is 0 Å². The summed E-state index contributed by atoms with van der Waals surface area (Å²) in [4.78, 5) is 0. The van der Waals surface area contributed by atoms with E-state index < -0.39 is 0 Å². The van der Waals surface area contributed by atoms with Crippen LogP contribution in [0.4, 0.5) is 0 Å². The molecule has 0 aromatic rings. The van der Waals surface area contributed by atoms with Gasteiger partial charge in [-0.1, -0.05) is 50.8 Å². The molecule has 0 aromatic heterocycles. The van der Waals surface area contributed by atoms with Crippen molar-refractivity contribution in [3.05, 3.63) is 37.0 Å². The molecule has 0 aliphatic rings. The molecular weight excluding hydrogens is 194 g/mol. The van der Waals surface area contributed by atoms with Gasteiger partial charge in [-0.3, -0.25) is 0 Å². The molecule has 0 spiro atoms. The highest BCUT2D eigenvalue weighted by Crippen LogP contribution is 2.31. The minimum Gasteiger partial charge on any atom is -0.328 e. The molecule has 0 radical (unpaired) electrons. The predicted molar refractivity (Wildman–Crippen MR) is 74.4 cm³/mol. The van der Waals surface area contributed by atoms with E-state index in [1.807, 2.05) is 13.0 Å². The topological polar surface area (TPSA) is 26.0 Å². The Morgan fingerprint density at radius 2 is 1.94 bits per heavy atom. The monoisotopic (exact) mass is 221 g/mol. The number of rotatable bonds is 8. The highest BCUT2D eigenvalue weighted by atomic mass is 14.6. The van der Waals surface area contributed by atoms with Gasteiger partial charge in [0.25, 0.3) is 0 Å². The molecule has 0 saturated heterocycles. The molecule has 0 aliphatic carbocycles. The summed E-state index contributed by atoms with van der Waals surface area (Å²) in [6, 6.07) is 0.221. The maximum atomic E-state index is 5.75. The molecule has 0 aromatic carbocycles. The zero-order valence-electron chi connectivity index (χ0n) is 11.2. The van der Waals surface area contributed by atoms with Crippen molar-refractivity contribution in [2.45, 2.75) is 52.5 Å². The average Bonchev–Trinajstić information content (AvgIpc) is 2.13. The SMILES string of the molecule is C=CC(=C)CC(C)(C)CCC(=C)CC(C)N. The van der Waals surface area contributed by atoms with Crippen LogP contribution in [-0.4, -0.2) is 6.04 Å². The third kappa shape index (κ3) is 7.47. The molecule has 0 bridgehead atoms. The van der Waals surface area contributed by atoms with Crippen molar-refractivity contribution in [2.24, 2.45) is 11.1 Å². The molecular formula is C15H27N. The van der Waals surface area contributed by atoms with Crippen molar-refractivity contribution < 1.29 is 0 Å². The molecule has 2 N–H and O–H groups in total. The van der Waals surface area contributed by atoms with Crippen LogP contribution < -0.4 is 5.73 Å². The van der Waals surface area contributed by atoms with Crippen LogP contribution in [0.15, 0.2) is 37.0 Å². The van der Waals surface area contributed by atoms with Crippen LogP contribution in [0.1, 0.15) is 46.5 Å². The second-order valence-corrected chi connectivity index (χ2v) is 5.63. The van der Waals surface area contributed by atoms with E-state index in [4.69, 9.17) is 5.73 Å². The normalized spacial score (nSPS) is 13.2. The molecule has 0 amide bonds. The molecule has 1 unspecified atom stereocenters. The number of hydrogen-bond donors (Lipinski definition) is 1. The van der Waals surface area contributed by atoms with Crippen molar-refractivity contribution in [1.29, 1.82) is 0 Å². The van der Waals surface area contributed by atoms with E-state index in [1.54, 1.807) is 0 Å². The smallest absolute Gasteiger partial charge is 0.00475 e. The molecule has 0 heterocycles. The summed E-state index contributed by atoms with van der Waals surface area (Å²) in [6.45, 7) is 18.3. The lowest BCUT2D eigenvalue weighted by Crippen LogP contribution is -2.16. The van der Waals surface area contributed by atoms with E-state index in [9.17, 15) is 0 Å². The van der Waals surface area contributed by atoms with Crippen molar-refractivity contribution in [1.82, 2.24) is 0 Å². The Kier molecular flexibility index (Phi) is 6.35. The Labute approximate surface area is 101 Å². The average molecular weight is 221 g/mol. The molecule has 0 aliphatic heterocycles. The molecule has 1 heteroatoms. The Morgan fingerprint density at radius 1 is 1.38 bits per heavy atom. The van der Waals surface area contributed by atoms with Crippen LogP contribution in [0.5, 0.6) is 0 Å². The maximum Gasteiger partial charge on any atom is 0.00475 e. The quantitative estimate of drug-likeness (QED) is 0.482. The summed E-state index contributed by atoms with van der Waals surface area (Å²) in [5.41, 5.74) is 8.39. The largest absolute Gasteiger partial charge is 0.328 e. The fourth-order valence-corrected chi connectivity index (χ4v) is 1.85. The van der Waals surface area contributed by atoms with Crippen molar-refractivity contribution in [3.8, 4) is 0 Å². The van der Waals surface area contributed by atoms with Gasteiger partial charge in [0.2, 0.25) is 0 Å². The van der Waals surface area contributed by atoms with Gasteiger partial charge in [0.1, 0.15) is 0 Å². The van der Waals surface area contributed by atoms with E-state index >= 15 is 0 Å². The van der Waals surface area contributed by atoms with E-state index in [0.717, 1.165) is 31.3 Å². The molecule has 1 atom stereocenters. The molecule has 0 rings (SSSR count). The lowest BCUT2D eigenvalue weighted by molar-refractivity contribution is 0.333. The van der Waals surface area contributed by atoms with Gasteiger partial charge in [-0.05, 0) is 38.0 Å². The first-order valence-corrected chi connectivity index (χ1v) is 5.99. The van der Waals surface area contributed by atoms with E-state index in [0.29, 0.717) is 0 Å². The van der Waals surface area contributed by atoms with Crippen LogP contribution in [0, 0.1) is 5.41 Å². The van der Waals surface area contributed by atoms with Gasteiger partial charge < -0.3 is 5.73 Å². The number of hydrogen-bond acceptors (Lipinski definition) is 1. The van der Waals surface area contributed by atoms with Gasteiger partial charge in [-0.25, -0.2) is 0 Å². The van der Waals surface area contributed by atoms with Crippen LogP contribution >= 0.6 is 0 Å². The second kappa shape index (κ2) is 6.70. The highest BCUT2D eigenvalue weighted by Gasteiger charge is 2.18. The van der Waals surface area contributed by atoms with E-state index in [2.05, 4.69) is 33.6 Å². The third-order valence-corrected chi connectivity index (χ3v) is 2.76. The minimum absolute atomic E-state index is 0.221. The van der Waals surface area contributed by atoms with Crippen LogP contribution in [-0.2, 0) is 0 Å². The maximum absolute atomic E-state index is 5.75. The van der Waals surface area contributed by atoms with Crippen LogP contribution in [0.25, 0.3) is 0 Å². The fourth-order valence-electron chi connectivity index (χ4n) is 1.85. The van der Waals surface area contributed by atoms with Gasteiger partial charge >= 0.3 is 0 Å². The van der Waals surface area contributed by atoms with E-state index in [-0.39, 0.29) is 11.5 Å². The Morgan fingerprint density at radius 3 is 2.38 bits per heavy atom. The summed E-state index contributed by atoms with van der Waals surface area (Å²) in [7, 11) is 0. The van der Waals surface area contributed by atoms with Crippen LogP contribution in [0.3, 0.4) is 0 Å². The van der Waals surface area contributed by atoms with Gasteiger partial charge in [-0.2, -0.15) is 0 Å². The first kappa shape index (κ1) is 15.2. The first-order valence-electron chi connectivity index (χ1n) is 5.99. The molecule has 0 saturated carbocycles. The highest BCUT2D eigenvalue weighted by molar-refractivity contribution is 5.13. The summed E-state index contributed by atoms with van der Waals surface area (Å²) in [5, 5.41) is 0. The standard InChI is InChI=1S/C15H27N/c1-7-12(2)11-15(5,6)9-8-13(3)10-14(4)16/h7,14H,1-3,8-11,16H2,4-6H3. The summed E-state index contributed by atoms with van der Waals surface area (Å²) < 4.78 is 0. The predicted octanol–water partition coefficient (Wildman–Crippen LogP) is 4.22. The van der Waals surface area contributed by atoms with E-state index in [1.165, 1.54) is 5.57 Å². The summed E-state index contributed by atoms with van der Waals surface area (Å²) >= 11 is 0. The fraction of sp³-hybridized carbons (Fsp3) is 0.600. The van der Waals surface area contributed by atoms with Crippen molar-refractivity contribution >= 4 is 0 Å². The number of nitrogens with two attached hydrogens (primary N) is 1. The first-order chi connectivity index (χ1) is 7.26. The summed E-state index contributed by atoms with van der Waals surface area (Å²) in [6.07, 6.45) is 5.96. The van der Waals surface area contributed by atoms with Gasteiger partial charge in [0.05, 0.1) is 0 Å². The molecule has 0 fully saturated rings. The Bertz CT molecular complexity index is 259. The summed E-state index contributed by atoms with van der Waals surface area (Å²) in [5.74, 6) is 0. The Balaban J connectivity index is 4.03. The lowest BCUT2D eigenvalue weighted by Gasteiger charge is -2.25. The molecule has 16 heavy (non-hydrogen) atoms. The van der Waals surface area contributed by atoms with Crippen molar-refractivity contribution in [3.63, 3.8) is 0 Å². The Hall–Kier alpha value is -0.820. The zero-order chi connectivity index (χ0) is 12.8. The van der Waals surface area contributed by atoms with Gasteiger partial charge in [0, 0.05) is 6.04 Å². The molecule has 92 valence electrons. The lowest BCUT2D eigenvalue weighted by atomic mass is 9.80. The minimum atomic E-state index is 0.221. The second-order valence-electron chi connectivity index (χ2n) is 5.63. The van der Waals surface area contributed by atoms with Gasteiger partial charge in [-0.15, -0.1) is 0 Å².